The van der Waals surface area contributed by atoms with Crippen molar-refractivity contribution in [2.45, 2.75) is 45.1 Å². The first-order valence-corrected chi connectivity index (χ1v) is 11.8. The number of carbonyl (C=O) groups is 1. The molecule has 0 bridgehead atoms. The molecule has 7 nitrogen and oxygen atoms in total. The lowest BCUT2D eigenvalue weighted by molar-refractivity contribution is 0.0936. The third-order valence-electron chi connectivity index (χ3n) is 4.94. The Bertz CT molecular complexity index is 1230. The fraction of sp³-hybridized carbons (Fsp3) is 0.250. The summed E-state index contributed by atoms with van der Waals surface area (Å²) in [6.07, 6.45) is 2.33. The number of carbonyl (C=O) groups excluding carboxylic acids is 1. The quantitative estimate of drug-likeness (QED) is 0.510. The summed E-state index contributed by atoms with van der Waals surface area (Å²) >= 11 is 0. The van der Waals surface area contributed by atoms with E-state index < -0.39 is 10.0 Å². The van der Waals surface area contributed by atoms with Gasteiger partial charge in [-0.25, -0.2) is 13.4 Å². The Kier molecular flexibility index (Phi) is 7.15. The summed E-state index contributed by atoms with van der Waals surface area (Å²) in [5.41, 5.74) is 2.14. The average Bonchev–Trinajstić information content (AvgIpc) is 2.75. The number of benzene rings is 2. The zero-order chi connectivity index (χ0) is 23.3. The first-order chi connectivity index (χ1) is 15.2. The average molecular weight is 454 g/mol. The van der Waals surface area contributed by atoms with E-state index in [4.69, 9.17) is 4.74 Å². The van der Waals surface area contributed by atoms with Crippen molar-refractivity contribution in [3.63, 3.8) is 0 Å². The summed E-state index contributed by atoms with van der Waals surface area (Å²) in [7, 11) is -3.78. The Morgan fingerprint density at radius 1 is 1.09 bits per heavy atom. The second kappa shape index (κ2) is 9.82. The van der Waals surface area contributed by atoms with Crippen LogP contribution in [0.5, 0.6) is 11.6 Å². The van der Waals surface area contributed by atoms with Crippen molar-refractivity contribution in [2.75, 3.05) is 4.72 Å². The lowest BCUT2D eigenvalue weighted by atomic mass is 10.2. The topological polar surface area (TPSA) is 97.4 Å². The van der Waals surface area contributed by atoms with Crippen molar-refractivity contribution in [1.82, 2.24) is 10.3 Å². The second-order valence-corrected chi connectivity index (χ2v) is 9.29. The molecule has 1 aromatic heterocycles. The summed E-state index contributed by atoms with van der Waals surface area (Å²) in [5, 5.41) is 2.89. The van der Waals surface area contributed by atoms with Crippen LogP contribution in [0.15, 0.2) is 65.7 Å². The van der Waals surface area contributed by atoms with E-state index in [1.165, 1.54) is 6.20 Å². The number of anilines is 1. The zero-order valence-corrected chi connectivity index (χ0v) is 19.4. The minimum absolute atomic E-state index is 0.0124. The van der Waals surface area contributed by atoms with E-state index in [0.717, 1.165) is 12.0 Å². The highest BCUT2D eigenvalue weighted by atomic mass is 32.2. The molecule has 8 heteroatoms. The molecule has 0 aliphatic heterocycles. The largest absolute Gasteiger partial charge is 0.438 e. The minimum atomic E-state index is -3.78. The Labute approximate surface area is 188 Å². The maximum Gasteiger partial charge on any atom is 0.262 e. The zero-order valence-electron chi connectivity index (χ0n) is 18.5. The van der Waals surface area contributed by atoms with Crippen molar-refractivity contribution in [1.29, 1.82) is 0 Å². The van der Waals surface area contributed by atoms with Gasteiger partial charge in [-0.15, -0.1) is 0 Å². The molecule has 0 unspecified atom stereocenters. The van der Waals surface area contributed by atoms with Gasteiger partial charge in [-0.05, 0) is 68.7 Å². The second-order valence-electron chi connectivity index (χ2n) is 7.64. The first-order valence-electron chi connectivity index (χ1n) is 10.3. The molecule has 0 fully saturated rings. The SMILES string of the molecule is CC[C@@H](C)NC(=O)c1cccnc1Oc1cccc(NS(=O)(=O)c2cc(C)ccc2C)c1. The smallest absolute Gasteiger partial charge is 0.262 e. The van der Waals surface area contributed by atoms with Gasteiger partial charge in [0.2, 0.25) is 5.88 Å². The minimum Gasteiger partial charge on any atom is -0.438 e. The number of sulfonamides is 1. The van der Waals surface area contributed by atoms with Gasteiger partial charge in [0.1, 0.15) is 11.3 Å². The summed E-state index contributed by atoms with van der Waals surface area (Å²) in [5.74, 6) is 0.208. The molecule has 168 valence electrons. The van der Waals surface area contributed by atoms with E-state index in [2.05, 4.69) is 15.0 Å². The van der Waals surface area contributed by atoms with Crippen LogP contribution in [0.25, 0.3) is 0 Å². The van der Waals surface area contributed by atoms with Crippen LogP contribution in [0, 0.1) is 13.8 Å². The van der Waals surface area contributed by atoms with Crippen LogP contribution in [0.1, 0.15) is 41.8 Å². The standard InChI is InChI=1S/C24H27N3O4S/c1-5-18(4)26-23(28)21-10-7-13-25-24(21)31-20-9-6-8-19(15-20)27-32(29,30)22-14-16(2)11-12-17(22)3/h6-15,18,27H,5H2,1-4H3,(H,26,28)/t18-/m1/s1. The van der Waals surface area contributed by atoms with E-state index in [-0.39, 0.29) is 22.7 Å². The number of hydrogen-bond donors (Lipinski definition) is 2. The number of ether oxygens (including phenoxy) is 1. The van der Waals surface area contributed by atoms with Gasteiger partial charge in [-0.2, -0.15) is 0 Å². The number of hydrogen-bond acceptors (Lipinski definition) is 5. The molecule has 0 radical (unpaired) electrons. The molecule has 0 saturated carbocycles. The highest BCUT2D eigenvalue weighted by Gasteiger charge is 2.19. The Hall–Kier alpha value is -3.39. The van der Waals surface area contributed by atoms with Gasteiger partial charge in [0.25, 0.3) is 15.9 Å². The van der Waals surface area contributed by atoms with Crippen LogP contribution in [-0.4, -0.2) is 25.4 Å². The van der Waals surface area contributed by atoms with Crippen molar-refractivity contribution in [3.05, 3.63) is 77.5 Å². The third kappa shape index (κ3) is 5.64. The number of nitrogens with zero attached hydrogens (tertiary/aromatic N) is 1. The van der Waals surface area contributed by atoms with E-state index in [9.17, 15) is 13.2 Å². The van der Waals surface area contributed by atoms with Gasteiger partial charge in [-0.3, -0.25) is 9.52 Å². The predicted molar refractivity (Wildman–Crippen MR) is 125 cm³/mol. The fourth-order valence-corrected chi connectivity index (χ4v) is 4.37. The molecule has 0 aliphatic rings. The number of rotatable bonds is 8. The molecule has 3 rings (SSSR count). The van der Waals surface area contributed by atoms with E-state index in [1.807, 2.05) is 26.8 Å². The normalized spacial score (nSPS) is 12.1. The highest BCUT2D eigenvalue weighted by molar-refractivity contribution is 7.92. The van der Waals surface area contributed by atoms with Crippen LogP contribution in [-0.2, 0) is 10.0 Å². The van der Waals surface area contributed by atoms with Crippen molar-refractivity contribution >= 4 is 21.6 Å². The number of nitrogens with one attached hydrogen (secondary N) is 2. The van der Waals surface area contributed by atoms with Gasteiger partial charge in [-0.1, -0.05) is 25.1 Å². The molecular weight excluding hydrogens is 426 g/mol. The van der Waals surface area contributed by atoms with Crippen molar-refractivity contribution in [2.24, 2.45) is 0 Å². The van der Waals surface area contributed by atoms with Crippen LogP contribution >= 0.6 is 0 Å². The van der Waals surface area contributed by atoms with Gasteiger partial charge in [0.15, 0.2) is 0 Å². The Balaban J connectivity index is 1.84. The molecule has 3 aromatic rings. The van der Waals surface area contributed by atoms with E-state index >= 15 is 0 Å². The Morgan fingerprint density at radius 3 is 2.62 bits per heavy atom. The van der Waals surface area contributed by atoms with Gasteiger partial charge >= 0.3 is 0 Å². The van der Waals surface area contributed by atoms with Crippen LogP contribution in [0.4, 0.5) is 5.69 Å². The molecule has 2 aromatic carbocycles. The van der Waals surface area contributed by atoms with Crippen LogP contribution in [0.3, 0.4) is 0 Å². The first kappa shape index (κ1) is 23.3. The van der Waals surface area contributed by atoms with Crippen LogP contribution in [0.2, 0.25) is 0 Å². The molecular formula is C24H27N3O4S. The van der Waals surface area contributed by atoms with Gasteiger partial charge < -0.3 is 10.1 Å². The molecule has 2 N–H and O–H groups in total. The molecule has 1 amide bonds. The molecule has 32 heavy (non-hydrogen) atoms. The summed E-state index contributed by atoms with van der Waals surface area (Å²) in [6, 6.07) is 15.1. The summed E-state index contributed by atoms with van der Waals surface area (Å²) < 4.78 is 34.2. The van der Waals surface area contributed by atoms with Crippen LogP contribution < -0.4 is 14.8 Å². The lowest BCUT2D eigenvalue weighted by Gasteiger charge is -2.14. The molecule has 1 atom stereocenters. The highest BCUT2D eigenvalue weighted by Crippen LogP contribution is 2.27. The van der Waals surface area contributed by atoms with E-state index in [1.54, 1.807) is 55.5 Å². The number of pyridine rings is 1. The van der Waals surface area contributed by atoms with Crippen molar-refractivity contribution in [3.8, 4) is 11.6 Å². The Morgan fingerprint density at radius 2 is 1.88 bits per heavy atom. The fourth-order valence-electron chi connectivity index (χ4n) is 2.99. The predicted octanol–water partition coefficient (Wildman–Crippen LogP) is 4.82. The number of aromatic nitrogens is 1. The lowest BCUT2D eigenvalue weighted by Crippen LogP contribution is -2.32. The maximum atomic E-state index is 12.9. The third-order valence-corrected chi connectivity index (χ3v) is 6.46. The van der Waals surface area contributed by atoms with Gasteiger partial charge in [0, 0.05) is 18.3 Å². The molecule has 0 spiro atoms. The van der Waals surface area contributed by atoms with Gasteiger partial charge in [0.05, 0.1) is 10.6 Å². The molecule has 0 saturated heterocycles. The monoisotopic (exact) mass is 453 g/mol. The number of amides is 1. The van der Waals surface area contributed by atoms with E-state index in [0.29, 0.717) is 22.6 Å². The summed E-state index contributed by atoms with van der Waals surface area (Å²) in [4.78, 5) is 17.0. The molecule has 0 aliphatic carbocycles. The number of aryl methyl sites for hydroxylation is 2. The van der Waals surface area contributed by atoms with Crippen molar-refractivity contribution < 1.29 is 17.9 Å². The maximum absolute atomic E-state index is 12.9. The summed E-state index contributed by atoms with van der Waals surface area (Å²) in [6.45, 7) is 7.49. The molecule has 1 heterocycles.